The van der Waals surface area contributed by atoms with E-state index >= 15 is 26.3 Å². The molecule has 0 aliphatic rings. The first kappa shape index (κ1) is 48.7. The van der Waals surface area contributed by atoms with Crippen LogP contribution in [0.5, 0.6) is 0 Å². The average Bonchev–Trinajstić information content (AvgIpc) is 4.08. The third-order valence-electron chi connectivity index (χ3n) is 13.3. The lowest BCUT2D eigenvalue weighted by Crippen LogP contribution is -2.11. The number of hydrogen-bond donors (Lipinski definition) is 0. The molecule has 0 N–H and O–H groups in total. The second-order valence-electron chi connectivity index (χ2n) is 18.0. The van der Waals surface area contributed by atoms with E-state index in [2.05, 4.69) is 24.3 Å². The maximum atomic E-state index is 15.6. The Morgan fingerprint density at radius 3 is 1.09 bits per heavy atom. The van der Waals surface area contributed by atoms with Crippen molar-refractivity contribution in [2.24, 2.45) is 0 Å². The van der Waals surface area contributed by atoms with E-state index in [0.717, 1.165) is 12.1 Å². The molecule has 77 heavy (non-hydrogen) atoms. The molecule has 7 nitrogen and oxygen atoms in total. The van der Waals surface area contributed by atoms with Gasteiger partial charge in [-0.05, 0) is 124 Å². The Labute approximate surface area is 436 Å². The highest BCUT2D eigenvalue weighted by atomic mass is 19.4. The van der Waals surface area contributed by atoms with Crippen LogP contribution in [0.1, 0.15) is 33.4 Å². The van der Waals surface area contributed by atoms with Gasteiger partial charge in [-0.15, -0.1) is 0 Å². The molecule has 366 valence electrons. The molecule has 0 aliphatic heterocycles. The smallest absolute Gasteiger partial charge is 0.308 e. The molecule has 11 rings (SSSR count). The van der Waals surface area contributed by atoms with Gasteiger partial charge in [-0.25, -0.2) is 9.97 Å². The quantitative estimate of drug-likeness (QED) is 0.140. The van der Waals surface area contributed by atoms with Crippen LogP contribution in [0.3, 0.4) is 0 Å². The lowest BCUT2D eigenvalue weighted by Gasteiger charge is -2.24. The molecule has 2 heterocycles. The second kappa shape index (κ2) is 19.3. The Bertz CT molecular complexity index is 4030. The summed E-state index contributed by atoms with van der Waals surface area (Å²) in [5.74, 6) is 0.0254. The van der Waals surface area contributed by atoms with Crippen LogP contribution in [-0.2, 0) is 12.4 Å². The minimum Gasteiger partial charge on any atom is -0.308 e. The van der Waals surface area contributed by atoms with Crippen LogP contribution in [0.4, 0.5) is 26.3 Å². The van der Waals surface area contributed by atoms with Gasteiger partial charge >= 0.3 is 12.4 Å². The van der Waals surface area contributed by atoms with Gasteiger partial charge < -0.3 is 4.57 Å². The highest BCUT2D eigenvalue weighted by Crippen LogP contribution is 2.50. The van der Waals surface area contributed by atoms with Crippen LogP contribution in [-0.4, -0.2) is 14.5 Å². The maximum Gasteiger partial charge on any atom is 0.417 e. The van der Waals surface area contributed by atoms with Crippen molar-refractivity contribution in [3.8, 4) is 108 Å². The summed E-state index contributed by atoms with van der Waals surface area (Å²) in [5, 5.41) is 40.7. The fourth-order valence-electron chi connectivity index (χ4n) is 9.91. The predicted octanol–water partition coefficient (Wildman–Crippen LogP) is 16.8. The highest BCUT2D eigenvalue weighted by molar-refractivity contribution is 6.13. The largest absolute Gasteiger partial charge is 0.417 e. The third kappa shape index (κ3) is 9.16. The third-order valence-corrected chi connectivity index (χ3v) is 13.3. The van der Waals surface area contributed by atoms with Crippen molar-refractivity contribution in [2.75, 3.05) is 0 Å². The molecule has 0 saturated carbocycles. The van der Waals surface area contributed by atoms with Crippen molar-refractivity contribution in [1.29, 1.82) is 21.0 Å². The molecular weight excluding hydrogens is 981 g/mol. The number of fused-ring (bicyclic) bond motifs is 3. The van der Waals surface area contributed by atoms with Crippen molar-refractivity contribution < 1.29 is 26.3 Å². The molecule has 0 amide bonds. The lowest BCUT2D eigenvalue weighted by atomic mass is 9.88. The van der Waals surface area contributed by atoms with Crippen LogP contribution in [0.15, 0.2) is 200 Å². The molecule has 0 fully saturated rings. The van der Waals surface area contributed by atoms with Crippen LogP contribution < -0.4 is 0 Å². The topological polar surface area (TPSA) is 126 Å². The second-order valence-corrected chi connectivity index (χ2v) is 18.0. The van der Waals surface area contributed by atoms with Gasteiger partial charge in [0.2, 0.25) is 0 Å². The van der Waals surface area contributed by atoms with Crippen molar-refractivity contribution in [1.82, 2.24) is 14.5 Å². The standard InChI is InChI=1S/C64H33F6N7/c65-63(66,67)55-17-9-7-15-49(55)53-31-48(62-75-57(42-11-3-1-4-12-42)33-58(76-62)43-13-5-2-6-14-43)32-54(50-16-8-10-18-56(50)64(68,69)70)61(53)77-59-21-19-44(46-25-38(34-71)23-39(26-46)35-72)29-51(59)52-30-45(20-22-60(52)77)47-27-40(36-73)24-41(28-47)37-74/h1-33H. The van der Waals surface area contributed by atoms with E-state index in [1.165, 1.54) is 60.7 Å². The van der Waals surface area contributed by atoms with E-state index in [9.17, 15) is 21.0 Å². The summed E-state index contributed by atoms with van der Waals surface area (Å²) in [6.45, 7) is 0. The molecule has 11 aromatic rings. The minimum atomic E-state index is -4.96. The van der Waals surface area contributed by atoms with Crippen molar-refractivity contribution in [2.45, 2.75) is 12.4 Å². The minimum absolute atomic E-state index is 0.0254. The van der Waals surface area contributed by atoms with Crippen LogP contribution >= 0.6 is 0 Å². The van der Waals surface area contributed by atoms with E-state index in [1.54, 1.807) is 71.3 Å². The fourth-order valence-corrected chi connectivity index (χ4v) is 9.91. The maximum absolute atomic E-state index is 15.6. The molecule has 2 aromatic heterocycles. The van der Waals surface area contributed by atoms with Gasteiger partial charge in [0.25, 0.3) is 0 Å². The van der Waals surface area contributed by atoms with Crippen LogP contribution in [0, 0.1) is 45.3 Å². The summed E-state index contributed by atoms with van der Waals surface area (Å²) >= 11 is 0. The first-order chi connectivity index (χ1) is 37.2. The zero-order valence-electron chi connectivity index (χ0n) is 40.0. The Morgan fingerprint density at radius 2 is 0.714 bits per heavy atom. The number of rotatable bonds is 8. The molecule has 0 saturated heterocycles. The molecular formula is C64H33F6N7. The summed E-state index contributed by atoms with van der Waals surface area (Å²) in [6, 6.07) is 61.0. The van der Waals surface area contributed by atoms with E-state index in [4.69, 9.17) is 9.97 Å². The molecule has 0 unspecified atom stereocenters. The molecule has 13 heteroatoms. The van der Waals surface area contributed by atoms with Crippen molar-refractivity contribution in [3.05, 3.63) is 234 Å². The summed E-state index contributed by atoms with van der Waals surface area (Å²) < 4.78 is 95.4. The molecule has 0 spiro atoms. The monoisotopic (exact) mass is 1010 g/mol. The molecule has 0 aliphatic carbocycles. The predicted molar refractivity (Wildman–Crippen MR) is 283 cm³/mol. The van der Waals surface area contributed by atoms with Crippen LogP contribution in [0.25, 0.3) is 106 Å². The number of aromatic nitrogens is 3. The van der Waals surface area contributed by atoms with Crippen molar-refractivity contribution >= 4 is 21.8 Å². The zero-order chi connectivity index (χ0) is 53.6. The SMILES string of the molecule is N#Cc1cc(C#N)cc(-c2ccc3c(c2)c2cc(-c4cc(C#N)cc(C#N)c4)ccc2n3-c2c(-c3ccccc3C(F)(F)F)cc(-c3nc(-c4ccccc4)cc(-c4ccccc4)n3)cc2-c2ccccc2C(F)(F)F)c1. The average molecular weight is 1010 g/mol. The van der Waals surface area contributed by atoms with Crippen molar-refractivity contribution in [3.63, 3.8) is 0 Å². The molecule has 0 bridgehead atoms. The number of benzene rings is 9. The number of nitriles is 4. The van der Waals surface area contributed by atoms with Gasteiger partial charge in [0.05, 0.1) is 85.8 Å². The molecule has 0 atom stereocenters. The molecule has 0 radical (unpaired) electrons. The normalized spacial score (nSPS) is 11.5. The number of hydrogen-bond acceptors (Lipinski definition) is 6. The fraction of sp³-hybridized carbons (Fsp3) is 0.0312. The van der Waals surface area contributed by atoms with Gasteiger partial charge in [0.15, 0.2) is 5.82 Å². The van der Waals surface area contributed by atoms with E-state index in [-0.39, 0.29) is 61.6 Å². The highest BCUT2D eigenvalue weighted by Gasteiger charge is 2.37. The number of nitrogens with zero attached hydrogens (tertiary/aromatic N) is 7. The number of halogens is 6. The summed E-state index contributed by atoms with van der Waals surface area (Å²) in [5.41, 5.74) is 2.98. The van der Waals surface area contributed by atoms with Gasteiger partial charge in [-0.3, -0.25) is 0 Å². The Hall–Kier alpha value is -10.6. The van der Waals surface area contributed by atoms with Gasteiger partial charge in [-0.2, -0.15) is 47.4 Å². The Morgan fingerprint density at radius 1 is 0.338 bits per heavy atom. The summed E-state index contributed by atoms with van der Waals surface area (Å²) in [6.07, 6.45) is -9.91. The van der Waals surface area contributed by atoms with E-state index < -0.39 is 23.5 Å². The van der Waals surface area contributed by atoms with Gasteiger partial charge in [-0.1, -0.05) is 109 Å². The van der Waals surface area contributed by atoms with E-state index in [0.29, 0.717) is 66.6 Å². The number of alkyl halides is 6. The first-order valence-electron chi connectivity index (χ1n) is 23.7. The lowest BCUT2D eigenvalue weighted by molar-refractivity contribution is -0.137. The van der Waals surface area contributed by atoms with Gasteiger partial charge in [0, 0.05) is 38.6 Å². The zero-order valence-corrected chi connectivity index (χ0v) is 40.0. The first-order valence-corrected chi connectivity index (χ1v) is 23.7. The van der Waals surface area contributed by atoms with Crippen LogP contribution in [0.2, 0.25) is 0 Å². The summed E-state index contributed by atoms with van der Waals surface area (Å²) in [7, 11) is 0. The molecule has 9 aromatic carbocycles. The Balaban J connectivity index is 1.32. The van der Waals surface area contributed by atoms with Gasteiger partial charge in [0.1, 0.15) is 0 Å². The summed E-state index contributed by atoms with van der Waals surface area (Å²) in [4.78, 5) is 9.97. The Kier molecular flexibility index (Phi) is 12.2. The van der Waals surface area contributed by atoms with E-state index in [1.807, 2.05) is 60.7 Å².